The molecular formula is C29H31F3N8O3. The van der Waals surface area contributed by atoms with Gasteiger partial charge in [0.25, 0.3) is 0 Å². The molecule has 0 amide bonds. The lowest BCUT2D eigenvalue weighted by atomic mass is 9.90. The number of nitrogens with one attached hydrogen (secondary N) is 1. The third-order valence-corrected chi connectivity index (χ3v) is 8.30. The highest BCUT2D eigenvalue weighted by atomic mass is 19.3. The summed E-state index contributed by atoms with van der Waals surface area (Å²) in [5.41, 5.74) is 3.79. The number of fused-ring (bicyclic) bond motifs is 2. The van der Waals surface area contributed by atoms with Gasteiger partial charge < -0.3 is 19.9 Å². The van der Waals surface area contributed by atoms with E-state index >= 15 is 0 Å². The molecule has 1 aliphatic carbocycles. The van der Waals surface area contributed by atoms with E-state index in [0.29, 0.717) is 17.3 Å². The van der Waals surface area contributed by atoms with Gasteiger partial charge in [0.15, 0.2) is 29.3 Å². The van der Waals surface area contributed by atoms with E-state index in [1.807, 2.05) is 11.6 Å². The van der Waals surface area contributed by atoms with E-state index in [0.717, 1.165) is 62.8 Å². The maximum absolute atomic E-state index is 13.5. The Morgan fingerprint density at radius 1 is 1.14 bits per heavy atom. The molecule has 11 nitrogen and oxygen atoms in total. The highest BCUT2D eigenvalue weighted by molar-refractivity contribution is 5.75. The van der Waals surface area contributed by atoms with Crippen LogP contribution in [0.5, 0.6) is 11.5 Å². The highest BCUT2D eigenvalue weighted by Gasteiger charge is 2.31. The van der Waals surface area contributed by atoms with Crippen LogP contribution in [0, 0.1) is 24.2 Å². The van der Waals surface area contributed by atoms with Crippen molar-refractivity contribution in [2.24, 2.45) is 0 Å². The zero-order valence-electron chi connectivity index (χ0n) is 23.5. The van der Waals surface area contributed by atoms with Gasteiger partial charge in [-0.2, -0.15) is 24.2 Å². The molecular weight excluding hydrogens is 565 g/mol. The van der Waals surface area contributed by atoms with Gasteiger partial charge in [-0.05, 0) is 56.4 Å². The second-order valence-electron chi connectivity index (χ2n) is 10.8. The van der Waals surface area contributed by atoms with Crippen molar-refractivity contribution in [3.05, 3.63) is 59.6 Å². The van der Waals surface area contributed by atoms with E-state index in [9.17, 15) is 18.3 Å². The molecule has 0 aromatic carbocycles. The Kier molecular flexibility index (Phi) is 8.09. The number of nitriles is 1. The zero-order valence-corrected chi connectivity index (χ0v) is 23.5. The van der Waals surface area contributed by atoms with Crippen LogP contribution in [0.1, 0.15) is 48.7 Å². The SMILES string of the molecule is Cc1c(-c2cc(OC(CO)c3ccc(F)cn3)c3c(OC(F)F)cnn3c2)nn2c1CN(C1CCC(NC#N)CC1)CC2. The number of nitrogens with zero attached hydrogens (tertiary/aromatic N) is 7. The fourth-order valence-electron chi connectivity index (χ4n) is 6.11. The fraction of sp³-hybridized carbons (Fsp3) is 0.448. The minimum absolute atomic E-state index is 0.116. The maximum atomic E-state index is 13.5. The van der Waals surface area contributed by atoms with Crippen molar-refractivity contribution >= 4 is 5.52 Å². The van der Waals surface area contributed by atoms with Gasteiger partial charge in [0, 0.05) is 36.9 Å². The van der Waals surface area contributed by atoms with E-state index in [-0.39, 0.29) is 28.8 Å². The molecule has 0 bridgehead atoms. The standard InChI is InChI=1S/C29H31F3N8O3/c1-17-23-14-38(21-5-3-20(4-6-21)35-16-33)8-9-39(23)37-27(17)18-10-24(28-25(43-29(31)32)12-36-40(28)13-18)42-26(15-41)22-7-2-19(30)11-34-22/h2,7,10-13,20-21,26,29,35,41H,3-6,8-9,14-15H2,1H3. The van der Waals surface area contributed by atoms with Gasteiger partial charge in [-0.1, -0.05) is 0 Å². The van der Waals surface area contributed by atoms with Crippen LogP contribution in [-0.4, -0.2) is 66.2 Å². The van der Waals surface area contributed by atoms with Gasteiger partial charge in [-0.3, -0.25) is 14.6 Å². The number of aliphatic hydroxyl groups is 1. The summed E-state index contributed by atoms with van der Waals surface area (Å²) in [6.07, 6.45) is 8.87. The molecule has 226 valence electrons. The number of alkyl halides is 2. The van der Waals surface area contributed by atoms with Gasteiger partial charge in [-0.15, -0.1) is 0 Å². The van der Waals surface area contributed by atoms with E-state index in [4.69, 9.17) is 19.8 Å². The summed E-state index contributed by atoms with van der Waals surface area (Å²) in [5, 5.41) is 31.0. The zero-order chi connectivity index (χ0) is 30.1. The second-order valence-corrected chi connectivity index (χ2v) is 10.8. The average molecular weight is 597 g/mol. The van der Waals surface area contributed by atoms with Crippen molar-refractivity contribution in [3.63, 3.8) is 0 Å². The monoisotopic (exact) mass is 596 g/mol. The second kappa shape index (κ2) is 12.1. The first-order valence-corrected chi connectivity index (χ1v) is 14.1. The highest BCUT2D eigenvalue weighted by Crippen LogP contribution is 2.38. The largest absolute Gasteiger partial charge is 0.479 e. The molecule has 0 saturated heterocycles. The lowest BCUT2D eigenvalue weighted by molar-refractivity contribution is -0.0489. The molecule has 2 aliphatic rings. The molecule has 43 heavy (non-hydrogen) atoms. The van der Waals surface area contributed by atoms with Gasteiger partial charge >= 0.3 is 6.61 Å². The number of aromatic nitrogens is 5. The van der Waals surface area contributed by atoms with Crippen LogP contribution < -0.4 is 14.8 Å². The Morgan fingerprint density at radius 3 is 2.65 bits per heavy atom. The summed E-state index contributed by atoms with van der Waals surface area (Å²) in [5.74, 6) is -0.628. The molecule has 5 heterocycles. The van der Waals surface area contributed by atoms with Gasteiger partial charge in [0.05, 0.1) is 42.6 Å². The first-order chi connectivity index (χ1) is 20.8. The van der Waals surface area contributed by atoms with Crippen LogP contribution in [0.4, 0.5) is 13.2 Å². The number of rotatable bonds is 9. The number of pyridine rings is 2. The van der Waals surface area contributed by atoms with Gasteiger partial charge in [0.1, 0.15) is 5.82 Å². The minimum atomic E-state index is -3.09. The lowest BCUT2D eigenvalue weighted by Crippen LogP contribution is -2.45. The molecule has 6 rings (SSSR count). The Bertz CT molecular complexity index is 1630. The summed E-state index contributed by atoms with van der Waals surface area (Å²) in [6, 6.07) is 4.92. The predicted molar refractivity (Wildman–Crippen MR) is 148 cm³/mol. The molecule has 2 N–H and O–H groups in total. The van der Waals surface area contributed by atoms with Crippen molar-refractivity contribution in [2.75, 3.05) is 13.2 Å². The Labute approximate surface area is 245 Å². The molecule has 1 fully saturated rings. The van der Waals surface area contributed by atoms with Crippen LogP contribution in [-0.2, 0) is 13.1 Å². The first kappa shape index (κ1) is 28.8. The Hall–Kier alpha value is -4.35. The van der Waals surface area contributed by atoms with E-state index in [1.165, 1.54) is 22.8 Å². The van der Waals surface area contributed by atoms with Crippen LogP contribution in [0.3, 0.4) is 0 Å². The smallest absolute Gasteiger partial charge is 0.387 e. The number of ether oxygens (including phenoxy) is 2. The molecule has 0 radical (unpaired) electrons. The topological polar surface area (TPSA) is 126 Å². The summed E-state index contributed by atoms with van der Waals surface area (Å²) < 4.78 is 54.1. The quantitative estimate of drug-likeness (QED) is 0.218. The summed E-state index contributed by atoms with van der Waals surface area (Å²) in [6.45, 7) is 0.728. The van der Waals surface area contributed by atoms with Gasteiger partial charge in [0.2, 0.25) is 0 Å². The third-order valence-electron chi connectivity index (χ3n) is 8.30. The van der Waals surface area contributed by atoms with Gasteiger partial charge in [-0.25, -0.2) is 8.91 Å². The molecule has 1 saturated carbocycles. The molecule has 14 heteroatoms. The minimum Gasteiger partial charge on any atom is -0.479 e. The third kappa shape index (κ3) is 5.82. The number of aliphatic hydroxyl groups excluding tert-OH is 1. The van der Waals surface area contributed by atoms with Crippen LogP contribution in [0.25, 0.3) is 16.8 Å². The van der Waals surface area contributed by atoms with Crippen molar-refractivity contribution in [2.45, 2.75) is 70.5 Å². The summed E-state index contributed by atoms with van der Waals surface area (Å²) in [7, 11) is 0. The van der Waals surface area contributed by atoms with Crippen molar-refractivity contribution in [1.82, 2.24) is 34.6 Å². The summed E-state index contributed by atoms with van der Waals surface area (Å²) in [4.78, 5) is 6.49. The number of hydrogen-bond acceptors (Lipinski definition) is 9. The normalized spacial score (nSPS) is 19.7. The number of halogens is 3. The molecule has 4 aromatic heterocycles. The fourth-order valence-corrected chi connectivity index (χ4v) is 6.11. The Morgan fingerprint density at radius 2 is 1.95 bits per heavy atom. The van der Waals surface area contributed by atoms with Crippen molar-refractivity contribution < 1.29 is 27.8 Å². The average Bonchev–Trinajstić information content (AvgIpc) is 3.56. The van der Waals surface area contributed by atoms with Crippen LogP contribution >= 0.6 is 0 Å². The molecule has 0 spiro atoms. The molecule has 4 aromatic rings. The first-order valence-electron chi connectivity index (χ1n) is 14.1. The molecule has 1 unspecified atom stereocenters. The molecule has 1 atom stereocenters. The maximum Gasteiger partial charge on any atom is 0.387 e. The van der Waals surface area contributed by atoms with Crippen molar-refractivity contribution in [3.8, 4) is 28.9 Å². The van der Waals surface area contributed by atoms with E-state index < -0.39 is 25.1 Å². The van der Waals surface area contributed by atoms with E-state index in [2.05, 4.69) is 26.5 Å². The number of hydrogen-bond donors (Lipinski definition) is 2. The lowest BCUT2D eigenvalue weighted by Gasteiger charge is -2.38. The predicted octanol–water partition coefficient (Wildman–Crippen LogP) is 3.95. The van der Waals surface area contributed by atoms with E-state index in [1.54, 1.807) is 12.3 Å². The summed E-state index contributed by atoms with van der Waals surface area (Å²) >= 11 is 0. The molecule has 1 aliphatic heterocycles. The van der Waals surface area contributed by atoms with Crippen LogP contribution in [0.15, 0.2) is 36.8 Å². The Balaban J connectivity index is 1.32. The van der Waals surface area contributed by atoms with Crippen LogP contribution in [0.2, 0.25) is 0 Å². The van der Waals surface area contributed by atoms with Crippen molar-refractivity contribution in [1.29, 1.82) is 5.26 Å².